The smallest absolute Gasteiger partial charge is 0.263 e. The van der Waals surface area contributed by atoms with Crippen molar-refractivity contribution in [3.63, 3.8) is 0 Å². The fraction of sp³-hybridized carbons (Fsp3) is 0.0833. The third-order valence-electron chi connectivity index (χ3n) is 2.45. The normalized spacial score (nSPS) is 11.4. The third-order valence-corrected chi connectivity index (χ3v) is 5.64. The summed E-state index contributed by atoms with van der Waals surface area (Å²) in [6, 6.07) is 5.02. The molecule has 20 heavy (non-hydrogen) atoms. The van der Waals surface area contributed by atoms with Crippen LogP contribution in [0.25, 0.3) is 0 Å². The van der Waals surface area contributed by atoms with Crippen LogP contribution in [-0.2, 0) is 10.0 Å². The summed E-state index contributed by atoms with van der Waals surface area (Å²) < 4.78 is 40.7. The highest BCUT2D eigenvalue weighted by atomic mass is 79.9. The van der Waals surface area contributed by atoms with E-state index >= 15 is 0 Å². The van der Waals surface area contributed by atoms with Gasteiger partial charge in [0.05, 0.1) is 11.9 Å². The van der Waals surface area contributed by atoms with Crippen molar-refractivity contribution in [2.75, 3.05) is 4.72 Å². The lowest BCUT2D eigenvalue weighted by Gasteiger charge is -2.10. The Morgan fingerprint density at radius 2 is 1.95 bits per heavy atom. The van der Waals surface area contributed by atoms with E-state index in [1.807, 2.05) is 0 Å². The van der Waals surface area contributed by atoms with Gasteiger partial charge in [-0.05, 0) is 68.6 Å². The van der Waals surface area contributed by atoms with Gasteiger partial charge >= 0.3 is 0 Å². The summed E-state index contributed by atoms with van der Waals surface area (Å²) in [7, 11) is -3.81. The Morgan fingerprint density at radius 1 is 1.25 bits per heavy atom. The van der Waals surface area contributed by atoms with Crippen molar-refractivity contribution in [2.45, 2.75) is 11.8 Å². The summed E-state index contributed by atoms with van der Waals surface area (Å²) in [5.74, 6) is -0.517. The monoisotopic (exact) mass is 422 g/mol. The van der Waals surface area contributed by atoms with Gasteiger partial charge in [-0.3, -0.25) is 4.72 Å². The number of hydrogen-bond acceptors (Lipinski definition) is 3. The second kappa shape index (κ2) is 5.79. The molecule has 0 saturated heterocycles. The molecule has 1 aromatic heterocycles. The predicted molar refractivity (Wildman–Crippen MR) is 81.6 cm³/mol. The Labute approximate surface area is 132 Å². The van der Waals surface area contributed by atoms with Crippen molar-refractivity contribution < 1.29 is 12.8 Å². The van der Waals surface area contributed by atoms with E-state index < -0.39 is 15.8 Å². The van der Waals surface area contributed by atoms with Crippen molar-refractivity contribution in [3.05, 3.63) is 50.9 Å². The minimum atomic E-state index is -3.81. The van der Waals surface area contributed by atoms with Gasteiger partial charge < -0.3 is 0 Å². The molecular formula is C12H9Br2FN2O2S. The summed E-state index contributed by atoms with van der Waals surface area (Å²) in [4.78, 5) is 3.97. The van der Waals surface area contributed by atoms with E-state index in [4.69, 9.17) is 0 Å². The topological polar surface area (TPSA) is 59.1 Å². The Hall–Kier alpha value is -0.990. The molecule has 4 nitrogen and oxygen atoms in total. The summed E-state index contributed by atoms with van der Waals surface area (Å²) >= 11 is 6.28. The zero-order valence-electron chi connectivity index (χ0n) is 10.2. The molecule has 1 heterocycles. The number of nitrogens with one attached hydrogen (secondary N) is 1. The maximum Gasteiger partial charge on any atom is 0.263 e. The molecule has 0 aliphatic rings. The molecule has 0 bridgehead atoms. The Morgan fingerprint density at radius 3 is 2.55 bits per heavy atom. The first kappa shape index (κ1) is 15.4. The van der Waals surface area contributed by atoms with Gasteiger partial charge in [-0.1, -0.05) is 0 Å². The summed E-state index contributed by atoms with van der Waals surface area (Å²) in [6.07, 6.45) is 1.39. The number of hydrogen-bond donors (Lipinski definition) is 1. The van der Waals surface area contributed by atoms with Gasteiger partial charge in [0.1, 0.15) is 15.3 Å². The van der Waals surface area contributed by atoms with Crippen LogP contribution in [0.1, 0.15) is 5.56 Å². The van der Waals surface area contributed by atoms with Crippen LogP contribution in [0, 0.1) is 12.7 Å². The molecule has 0 radical (unpaired) electrons. The minimum absolute atomic E-state index is 0.0422. The number of anilines is 1. The zero-order valence-corrected chi connectivity index (χ0v) is 14.2. The van der Waals surface area contributed by atoms with Gasteiger partial charge in [0.15, 0.2) is 0 Å². The molecule has 0 fully saturated rings. The first-order valence-corrected chi connectivity index (χ1v) is 8.46. The van der Waals surface area contributed by atoms with E-state index in [1.54, 1.807) is 13.0 Å². The van der Waals surface area contributed by atoms with Crippen LogP contribution in [0.5, 0.6) is 0 Å². The fourth-order valence-electron chi connectivity index (χ4n) is 1.52. The van der Waals surface area contributed by atoms with E-state index in [0.717, 1.165) is 17.7 Å². The number of halogens is 3. The van der Waals surface area contributed by atoms with Gasteiger partial charge in [0.25, 0.3) is 10.0 Å². The van der Waals surface area contributed by atoms with Crippen LogP contribution in [0.15, 0.2) is 44.4 Å². The molecule has 2 aromatic rings. The molecule has 1 aromatic carbocycles. The van der Waals surface area contributed by atoms with E-state index in [1.165, 1.54) is 12.3 Å². The van der Waals surface area contributed by atoms with Gasteiger partial charge in [0, 0.05) is 4.47 Å². The highest BCUT2D eigenvalue weighted by Crippen LogP contribution is 2.25. The van der Waals surface area contributed by atoms with Crippen molar-refractivity contribution in [1.82, 2.24) is 4.98 Å². The molecule has 0 aliphatic heterocycles. The number of nitrogens with zero attached hydrogens (tertiary/aromatic N) is 1. The molecular weight excluding hydrogens is 415 g/mol. The Balaban J connectivity index is 2.38. The average molecular weight is 424 g/mol. The molecule has 0 atom stereocenters. The van der Waals surface area contributed by atoms with E-state index in [2.05, 4.69) is 41.6 Å². The molecule has 0 spiro atoms. The van der Waals surface area contributed by atoms with Gasteiger partial charge in [-0.25, -0.2) is 17.8 Å². The molecule has 2 rings (SSSR count). The van der Waals surface area contributed by atoms with E-state index in [9.17, 15) is 12.8 Å². The third kappa shape index (κ3) is 3.36. The number of pyridine rings is 1. The number of benzene rings is 1. The largest absolute Gasteiger partial charge is 0.278 e. The van der Waals surface area contributed by atoms with Gasteiger partial charge in [-0.15, -0.1) is 0 Å². The highest BCUT2D eigenvalue weighted by Gasteiger charge is 2.18. The second-order valence-corrected chi connectivity index (χ2v) is 7.27. The number of aryl methyl sites for hydroxylation is 1. The first-order chi connectivity index (χ1) is 9.29. The molecule has 0 saturated carbocycles. The van der Waals surface area contributed by atoms with Crippen molar-refractivity contribution >= 4 is 47.6 Å². The zero-order chi connectivity index (χ0) is 14.9. The number of rotatable bonds is 3. The molecule has 0 amide bonds. The van der Waals surface area contributed by atoms with Crippen molar-refractivity contribution in [3.8, 4) is 0 Å². The molecule has 106 valence electrons. The van der Waals surface area contributed by atoms with Gasteiger partial charge in [-0.2, -0.15) is 0 Å². The Bertz CT molecular complexity index is 766. The van der Waals surface area contributed by atoms with Crippen LogP contribution in [0.2, 0.25) is 0 Å². The van der Waals surface area contributed by atoms with E-state index in [-0.39, 0.29) is 9.37 Å². The average Bonchev–Trinajstić information content (AvgIpc) is 2.33. The lowest BCUT2D eigenvalue weighted by molar-refractivity contribution is 0.599. The Kier molecular flexibility index (Phi) is 4.46. The summed E-state index contributed by atoms with van der Waals surface area (Å²) in [6.45, 7) is 1.79. The SMILES string of the molecule is Cc1cc(NS(=O)(=O)c2ccc(F)cc2Br)cnc1Br. The molecule has 1 N–H and O–H groups in total. The maximum absolute atomic E-state index is 13.0. The molecule has 0 aliphatic carbocycles. The van der Waals surface area contributed by atoms with E-state index in [0.29, 0.717) is 10.3 Å². The highest BCUT2D eigenvalue weighted by molar-refractivity contribution is 9.10. The van der Waals surface area contributed by atoms with Crippen LogP contribution >= 0.6 is 31.9 Å². The summed E-state index contributed by atoms with van der Waals surface area (Å²) in [5, 5.41) is 0. The lowest BCUT2D eigenvalue weighted by Crippen LogP contribution is -2.14. The quantitative estimate of drug-likeness (QED) is 0.762. The predicted octanol–water partition coefficient (Wildman–Crippen LogP) is 3.85. The van der Waals surface area contributed by atoms with Crippen molar-refractivity contribution in [2.24, 2.45) is 0 Å². The maximum atomic E-state index is 13.0. The second-order valence-electron chi connectivity index (χ2n) is 4.01. The van der Waals surface area contributed by atoms with Crippen molar-refractivity contribution in [1.29, 1.82) is 0 Å². The first-order valence-electron chi connectivity index (χ1n) is 5.39. The van der Waals surface area contributed by atoms with Crippen LogP contribution < -0.4 is 4.72 Å². The molecule has 8 heteroatoms. The standard InChI is InChI=1S/C12H9Br2FN2O2S/c1-7-4-9(6-16-12(7)14)17-20(18,19)11-3-2-8(15)5-10(11)13/h2-6,17H,1H3. The van der Waals surface area contributed by atoms with Crippen LogP contribution in [-0.4, -0.2) is 13.4 Å². The fourth-order valence-corrected chi connectivity index (χ4v) is 3.82. The minimum Gasteiger partial charge on any atom is -0.278 e. The number of aromatic nitrogens is 1. The van der Waals surface area contributed by atoms with Crippen LogP contribution in [0.3, 0.4) is 0 Å². The summed E-state index contributed by atoms with van der Waals surface area (Å²) in [5.41, 5.74) is 1.13. The lowest BCUT2D eigenvalue weighted by atomic mass is 10.3. The van der Waals surface area contributed by atoms with Gasteiger partial charge in [0.2, 0.25) is 0 Å². The number of sulfonamides is 1. The molecule has 0 unspecified atom stereocenters. The van der Waals surface area contributed by atoms with Crippen LogP contribution in [0.4, 0.5) is 10.1 Å².